The second kappa shape index (κ2) is 6.43. The standard InChI is InChI=1S/C16H19N3O2/c20-16(4-3-15-2-1-11-21-15)19-8-5-14(6-9-19)12-18-10-7-17-13-18/h1-4,7,10-11,13-14H,5-6,8-9,12H2. The number of carbonyl (C=O) groups is 1. The zero-order chi connectivity index (χ0) is 14.5. The largest absolute Gasteiger partial charge is 0.465 e. The van der Waals surface area contributed by atoms with Gasteiger partial charge in [-0.25, -0.2) is 4.98 Å². The van der Waals surface area contributed by atoms with Gasteiger partial charge in [-0.2, -0.15) is 0 Å². The molecule has 1 aliphatic rings. The molecule has 2 aromatic rings. The van der Waals surface area contributed by atoms with E-state index in [2.05, 4.69) is 9.55 Å². The molecule has 0 spiro atoms. The first-order chi connectivity index (χ1) is 10.3. The van der Waals surface area contributed by atoms with Crippen molar-refractivity contribution in [2.24, 2.45) is 5.92 Å². The van der Waals surface area contributed by atoms with Gasteiger partial charge in [0, 0.05) is 38.1 Å². The van der Waals surface area contributed by atoms with Crippen LogP contribution in [0.3, 0.4) is 0 Å². The molecule has 0 atom stereocenters. The van der Waals surface area contributed by atoms with Crippen molar-refractivity contribution in [3.8, 4) is 0 Å². The van der Waals surface area contributed by atoms with E-state index in [1.807, 2.05) is 29.6 Å². The average molecular weight is 285 g/mol. The summed E-state index contributed by atoms with van der Waals surface area (Å²) < 4.78 is 7.29. The lowest BCUT2D eigenvalue weighted by atomic mass is 9.96. The van der Waals surface area contributed by atoms with Crippen LogP contribution in [0, 0.1) is 5.92 Å². The highest BCUT2D eigenvalue weighted by Crippen LogP contribution is 2.19. The van der Waals surface area contributed by atoms with E-state index < -0.39 is 0 Å². The van der Waals surface area contributed by atoms with Gasteiger partial charge in [-0.1, -0.05) is 0 Å². The fourth-order valence-electron chi connectivity index (χ4n) is 2.67. The highest BCUT2D eigenvalue weighted by atomic mass is 16.3. The highest BCUT2D eigenvalue weighted by Gasteiger charge is 2.21. The molecule has 0 bridgehead atoms. The number of piperidine rings is 1. The molecule has 1 amide bonds. The number of hydrogen-bond acceptors (Lipinski definition) is 3. The van der Waals surface area contributed by atoms with Gasteiger partial charge in [0.05, 0.1) is 12.6 Å². The number of furan rings is 1. The highest BCUT2D eigenvalue weighted by molar-refractivity contribution is 5.91. The first-order valence-electron chi connectivity index (χ1n) is 7.27. The lowest BCUT2D eigenvalue weighted by Gasteiger charge is -2.31. The molecule has 21 heavy (non-hydrogen) atoms. The Kier molecular flexibility index (Phi) is 4.19. The van der Waals surface area contributed by atoms with Gasteiger partial charge < -0.3 is 13.9 Å². The predicted octanol–water partition coefficient (Wildman–Crippen LogP) is 2.43. The van der Waals surface area contributed by atoms with Crippen LogP contribution < -0.4 is 0 Å². The molecular weight excluding hydrogens is 266 g/mol. The van der Waals surface area contributed by atoms with Crippen molar-refractivity contribution in [2.45, 2.75) is 19.4 Å². The number of rotatable bonds is 4. The van der Waals surface area contributed by atoms with E-state index in [0.29, 0.717) is 11.7 Å². The molecule has 0 unspecified atom stereocenters. The van der Waals surface area contributed by atoms with E-state index in [1.54, 1.807) is 24.6 Å². The summed E-state index contributed by atoms with van der Waals surface area (Å²) in [6, 6.07) is 3.65. The fraction of sp³-hybridized carbons (Fsp3) is 0.375. The van der Waals surface area contributed by atoms with Crippen LogP contribution in [-0.4, -0.2) is 33.4 Å². The molecule has 0 aliphatic carbocycles. The molecule has 3 heterocycles. The zero-order valence-electron chi connectivity index (χ0n) is 11.9. The Morgan fingerprint density at radius 2 is 2.29 bits per heavy atom. The number of imidazole rings is 1. The van der Waals surface area contributed by atoms with E-state index in [1.165, 1.54) is 0 Å². The maximum Gasteiger partial charge on any atom is 0.246 e. The van der Waals surface area contributed by atoms with E-state index in [4.69, 9.17) is 4.42 Å². The molecule has 1 saturated heterocycles. The van der Waals surface area contributed by atoms with Gasteiger partial charge in [0.1, 0.15) is 5.76 Å². The lowest BCUT2D eigenvalue weighted by Crippen LogP contribution is -2.38. The minimum atomic E-state index is 0.0625. The Morgan fingerprint density at radius 1 is 1.43 bits per heavy atom. The fourth-order valence-corrected chi connectivity index (χ4v) is 2.67. The molecule has 110 valence electrons. The van der Waals surface area contributed by atoms with Gasteiger partial charge in [0.15, 0.2) is 0 Å². The first kappa shape index (κ1) is 13.7. The SMILES string of the molecule is O=C(C=Cc1ccco1)N1CCC(Cn2ccnc2)CC1. The average Bonchev–Trinajstić information content (AvgIpc) is 3.19. The second-order valence-corrected chi connectivity index (χ2v) is 5.38. The first-order valence-corrected chi connectivity index (χ1v) is 7.27. The van der Waals surface area contributed by atoms with Crippen molar-refractivity contribution in [3.63, 3.8) is 0 Å². The van der Waals surface area contributed by atoms with Gasteiger partial charge in [0.25, 0.3) is 0 Å². The van der Waals surface area contributed by atoms with Crippen molar-refractivity contribution in [3.05, 3.63) is 49.0 Å². The van der Waals surface area contributed by atoms with E-state index in [-0.39, 0.29) is 5.91 Å². The quantitative estimate of drug-likeness (QED) is 0.811. The minimum Gasteiger partial charge on any atom is -0.465 e. The summed E-state index contributed by atoms with van der Waals surface area (Å²) in [5, 5.41) is 0. The number of likely N-dealkylation sites (tertiary alicyclic amines) is 1. The van der Waals surface area contributed by atoms with Gasteiger partial charge in [0.2, 0.25) is 5.91 Å². The summed E-state index contributed by atoms with van der Waals surface area (Å²) in [5.41, 5.74) is 0. The van der Waals surface area contributed by atoms with E-state index in [9.17, 15) is 4.79 Å². The lowest BCUT2D eigenvalue weighted by molar-refractivity contribution is -0.127. The Morgan fingerprint density at radius 3 is 2.95 bits per heavy atom. The van der Waals surface area contributed by atoms with E-state index in [0.717, 1.165) is 32.5 Å². The van der Waals surface area contributed by atoms with Gasteiger partial charge in [-0.15, -0.1) is 0 Å². The Bertz CT molecular complexity index is 579. The second-order valence-electron chi connectivity index (χ2n) is 5.38. The van der Waals surface area contributed by atoms with Gasteiger partial charge in [-0.3, -0.25) is 4.79 Å². The molecule has 0 radical (unpaired) electrons. The van der Waals surface area contributed by atoms with Crippen molar-refractivity contribution >= 4 is 12.0 Å². The van der Waals surface area contributed by atoms with Crippen molar-refractivity contribution in [2.75, 3.05) is 13.1 Å². The van der Waals surface area contributed by atoms with Crippen LogP contribution in [-0.2, 0) is 11.3 Å². The van der Waals surface area contributed by atoms with E-state index >= 15 is 0 Å². The van der Waals surface area contributed by atoms with Gasteiger partial charge in [-0.05, 0) is 37.0 Å². The van der Waals surface area contributed by atoms with Crippen LogP contribution in [0.1, 0.15) is 18.6 Å². The molecule has 0 aromatic carbocycles. The maximum absolute atomic E-state index is 12.1. The van der Waals surface area contributed by atoms with Crippen LogP contribution >= 0.6 is 0 Å². The molecule has 0 saturated carbocycles. The molecular formula is C16H19N3O2. The summed E-state index contributed by atoms with van der Waals surface area (Å²) in [4.78, 5) is 18.1. The third-order valence-electron chi connectivity index (χ3n) is 3.89. The third-order valence-corrected chi connectivity index (χ3v) is 3.89. The van der Waals surface area contributed by atoms with Crippen LogP contribution in [0.5, 0.6) is 0 Å². The van der Waals surface area contributed by atoms with Crippen LogP contribution in [0.15, 0.2) is 47.6 Å². The van der Waals surface area contributed by atoms with Gasteiger partial charge >= 0.3 is 0 Å². The summed E-state index contributed by atoms with van der Waals surface area (Å²) in [5.74, 6) is 1.39. The number of hydrogen-bond donors (Lipinski definition) is 0. The summed E-state index contributed by atoms with van der Waals surface area (Å²) in [7, 11) is 0. The predicted molar refractivity (Wildman–Crippen MR) is 79.3 cm³/mol. The smallest absolute Gasteiger partial charge is 0.246 e. The molecule has 5 heteroatoms. The normalized spacial score (nSPS) is 16.7. The monoisotopic (exact) mass is 285 g/mol. The molecule has 1 aliphatic heterocycles. The van der Waals surface area contributed by atoms with Crippen molar-refractivity contribution in [1.82, 2.24) is 14.5 Å². The van der Waals surface area contributed by atoms with Crippen molar-refractivity contribution in [1.29, 1.82) is 0 Å². The molecule has 1 fully saturated rings. The number of nitrogens with zero attached hydrogens (tertiary/aromatic N) is 3. The zero-order valence-corrected chi connectivity index (χ0v) is 11.9. The van der Waals surface area contributed by atoms with Crippen LogP contribution in [0.25, 0.3) is 6.08 Å². The molecule has 5 nitrogen and oxygen atoms in total. The molecule has 0 N–H and O–H groups in total. The summed E-state index contributed by atoms with van der Waals surface area (Å²) in [6.07, 6.45) is 12.6. The van der Waals surface area contributed by atoms with Crippen LogP contribution in [0.4, 0.5) is 0 Å². The summed E-state index contributed by atoms with van der Waals surface area (Å²) in [6.45, 7) is 2.63. The van der Waals surface area contributed by atoms with Crippen molar-refractivity contribution < 1.29 is 9.21 Å². The minimum absolute atomic E-state index is 0.0625. The number of aromatic nitrogens is 2. The third kappa shape index (κ3) is 3.62. The molecule has 2 aromatic heterocycles. The summed E-state index contributed by atoms with van der Waals surface area (Å²) >= 11 is 0. The number of amides is 1. The Balaban J connectivity index is 1.47. The molecule has 3 rings (SSSR count). The number of carbonyl (C=O) groups excluding carboxylic acids is 1. The van der Waals surface area contributed by atoms with Crippen LogP contribution in [0.2, 0.25) is 0 Å². The Labute approximate surface area is 123 Å². The Hall–Kier alpha value is -2.30. The maximum atomic E-state index is 12.1. The topological polar surface area (TPSA) is 51.3 Å².